The van der Waals surface area contributed by atoms with Crippen molar-refractivity contribution in [2.45, 2.75) is 19.5 Å². The second kappa shape index (κ2) is 7.55. The number of fused-ring (bicyclic) bond motifs is 1. The van der Waals surface area contributed by atoms with Gasteiger partial charge in [0.1, 0.15) is 0 Å². The topological polar surface area (TPSA) is 15.7 Å². The molecule has 1 fully saturated rings. The van der Waals surface area contributed by atoms with Gasteiger partial charge in [-0.1, -0.05) is 29.3 Å². The Morgan fingerprint density at radius 3 is 2.40 bits per heavy atom. The highest BCUT2D eigenvalue weighted by molar-refractivity contribution is 6.34. The molecule has 132 valence electrons. The summed E-state index contributed by atoms with van der Waals surface area (Å²) in [6, 6.07) is 12.7. The summed E-state index contributed by atoms with van der Waals surface area (Å²) in [6.07, 6.45) is 1.09. The van der Waals surface area contributed by atoms with Gasteiger partial charge in [-0.25, -0.2) is 0 Å². The van der Waals surface area contributed by atoms with E-state index in [0.717, 1.165) is 52.4 Å². The quantitative estimate of drug-likeness (QED) is 0.789. The van der Waals surface area contributed by atoms with Crippen LogP contribution < -0.4 is 4.90 Å². The zero-order valence-electron chi connectivity index (χ0n) is 14.2. The van der Waals surface area contributed by atoms with Crippen molar-refractivity contribution in [3.05, 3.63) is 63.1 Å². The molecule has 0 aliphatic carbocycles. The maximum atomic E-state index is 6.14. The fourth-order valence-corrected chi connectivity index (χ4v) is 4.29. The molecule has 0 amide bonds. The Morgan fingerprint density at radius 2 is 1.64 bits per heavy atom. The first-order valence-electron chi connectivity index (χ1n) is 8.79. The molecular formula is C20H22Cl2N2O. The third kappa shape index (κ3) is 4.12. The van der Waals surface area contributed by atoms with Gasteiger partial charge in [0.05, 0.1) is 13.2 Å². The van der Waals surface area contributed by atoms with Crippen LogP contribution >= 0.6 is 23.2 Å². The molecule has 0 unspecified atom stereocenters. The number of halogens is 2. The van der Waals surface area contributed by atoms with Crippen LogP contribution in [0, 0.1) is 0 Å². The largest absolute Gasteiger partial charge is 0.378 e. The molecule has 2 aliphatic rings. The van der Waals surface area contributed by atoms with Crippen molar-refractivity contribution in [2.24, 2.45) is 0 Å². The van der Waals surface area contributed by atoms with Crippen molar-refractivity contribution < 1.29 is 4.74 Å². The minimum atomic E-state index is 0.703. The third-order valence-electron chi connectivity index (χ3n) is 4.99. The first-order valence-corrected chi connectivity index (χ1v) is 9.55. The Hall–Kier alpha value is -1.26. The maximum absolute atomic E-state index is 6.14. The Labute approximate surface area is 159 Å². The molecule has 2 aromatic carbocycles. The predicted molar refractivity (Wildman–Crippen MR) is 104 cm³/mol. The lowest BCUT2D eigenvalue weighted by Crippen LogP contribution is -2.36. The van der Waals surface area contributed by atoms with Gasteiger partial charge in [-0.15, -0.1) is 0 Å². The van der Waals surface area contributed by atoms with E-state index in [-0.39, 0.29) is 0 Å². The third-order valence-corrected chi connectivity index (χ3v) is 5.42. The molecule has 2 aromatic rings. The lowest BCUT2D eigenvalue weighted by atomic mass is 9.98. The molecule has 0 spiro atoms. The average molecular weight is 377 g/mol. The summed E-state index contributed by atoms with van der Waals surface area (Å²) < 4.78 is 5.47. The number of anilines is 1. The molecule has 2 heterocycles. The van der Waals surface area contributed by atoms with Gasteiger partial charge >= 0.3 is 0 Å². The van der Waals surface area contributed by atoms with E-state index in [4.69, 9.17) is 27.9 Å². The summed E-state index contributed by atoms with van der Waals surface area (Å²) in [5, 5.41) is 1.41. The van der Waals surface area contributed by atoms with Crippen molar-refractivity contribution in [3.63, 3.8) is 0 Å². The minimum Gasteiger partial charge on any atom is -0.378 e. The van der Waals surface area contributed by atoms with E-state index >= 15 is 0 Å². The zero-order valence-corrected chi connectivity index (χ0v) is 15.7. The molecule has 0 aromatic heterocycles. The van der Waals surface area contributed by atoms with Gasteiger partial charge < -0.3 is 9.64 Å². The van der Waals surface area contributed by atoms with Crippen LogP contribution in [-0.2, 0) is 24.2 Å². The summed E-state index contributed by atoms with van der Waals surface area (Å²) in [5.41, 5.74) is 5.39. The molecule has 0 N–H and O–H groups in total. The number of rotatable bonds is 3. The van der Waals surface area contributed by atoms with Crippen molar-refractivity contribution in [1.29, 1.82) is 0 Å². The van der Waals surface area contributed by atoms with E-state index in [0.29, 0.717) is 10.0 Å². The minimum absolute atomic E-state index is 0.703. The maximum Gasteiger partial charge on any atom is 0.0642 e. The number of ether oxygens (including phenoxy) is 1. The Morgan fingerprint density at radius 1 is 0.880 bits per heavy atom. The highest BCUT2D eigenvalue weighted by Crippen LogP contribution is 2.27. The lowest BCUT2D eigenvalue weighted by molar-refractivity contribution is 0.122. The molecule has 0 bridgehead atoms. The summed E-state index contributed by atoms with van der Waals surface area (Å²) in [6.45, 7) is 6.50. The summed E-state index contributed by atoms with van der Waals surface area (Å²) >= 11 is 12.3. The molecule has 4 rings (SSSR count). The summed E-state index contributed by atoms with van der Waals surface area (Å²) in [4.78, 5) is 4.88. The molecule has 5 heteroatoms. The predicted octanol–water partition coefficient (Wildman–Crippen LogP) is 4.39. The highest BCUT2D eigenvalue weighted by Gasteiger charge is 2.19. The number of nitrogens with zero attached hydrogens (tertiary/aromatic N) is 2. The van der Waals surface area contributed by atoms with Gasteiger partial charge in [-0.2, -0.15) is 0 Å². The Bertz CT molecular complexity index is 739. The highest BCUT2D eigenvalue weighted by atomic mass is 35.5. The first kappa shape index (κ1) is 17.2. The molecule has 0 radical (unpaired) electrons. The van der Waals surface area contributed by atoms with E-state index in [1.165, 1.54) is 22.4 Å². The van der Waals surface area contributed by atoms with Gasteiger partial charge in [0.15, 0.2) is 0 Å². The standard InChI is InChI=1S/C20H22Cl2N2O/c21-18-9-15(10-19(22)12-18)13-23-4-3-16-1-2-20(11-17(16)14-23)24-5-7-25-8-6-24/h1-2,9-12H,3-8,13-14H2. The van der Waals surface area contributed by atoms with Gasteiger partial charge in [-0.05, 0) is 53.4 Å². The fourth-order valence-electron chi connectivity index (χ4n) is 3.72. The zero-order chi connectivity index (χ0) is 17.2. The van der Waals surface area contributed by atoms with E-state index in [1.807, 2.05) is 12.1 Å². The van der Waals surface area contributed by atoms with E-state index in [9.17, 15) is 0 Å². The Kier molecular flexibility index (Phi) is 5.18. The van der Waals surface area contributed by atoms with Crippen molar-refractivity contribution in [1.82, 2.24) is 4.90 Å². The van der Waals surface area contributed by atoms with Gasteiger partial charge in [0.2, 0.25) is 0 Å². The van der Waals surface area contributed by atoms with E-state index in [2.05, 4.69) is 28.0 Å². The van der Waals surface area contributed by atoms with Crippen LogP contribution in [0.2, 0.25) is 10.0 Å². The summed E-state index contributed by atoms with van der Waals surface area (Å²) in [5.74, 6) is 0. The SMILES string of the molecule is Clc1cc(Cl)cc(CN2CCc3ccc(N4CCOCC4)cc3C2)c1. The molecule has 2 aliphatic heterocycles. The van der Waals surface area contributed by atoms with E-state index < -0.39 is 0 Å². The van der Waals surface area contributed by atoms with Crippen LogP contribution in [0.4, 0.5) is 5.69 Å². The number of hydrogen-bond donors (Lipinski definition) is 0. The van der Waals surface area contributed by atoms with Gasteiger partial charge in [-0.3, -0.25) is 4.90 Å². The normalized spacial score (nSPS) is 18.2. The van der Waals surface area contributed by atoms with Crippen LogP contribution in [0.15, 0.2) is 36.4 Å². The van der Waals surface area contributed by atoms with Crippen molar-refractivity contribution in [2.75, 3.05) is 37.7 Å². The molecule has 0 saturated carbocycles. The number of benzene rings is 2. The Balaban J connectivity index is 1.49. The molecule has 25 heavy (non-hydrogen) atoms. The van der Waals surface area contributed by atoms with Crippen LogP contribution in [-0.4, -0.2) is 37.7 Å². The van der Waals surface area contributed by atoms with Gasteiger partial charge in [0, 0.05) is 48.5 Å². The van der Waals surface area contributed by atoms with Crippen LogP contribution in [0.1, 0.15) is 16.7 Å². The summed E-state index contributed by atoms with van der Waals surface area (Å²) in [7, 11) is 0. The van der Waals surface area contributed by atoms with Crippen molar-refractivity contribution >= 4 is 28.9 Å². The molecule has 3 nitrogen and oxygen atoms in total. The monoisotopic (exact) mass is 376 g/mol. The van der Waals surface area contributed by atoms with Crippen LogP contribution in [0.25, 0.3) is 0 Å². The number of morpholine rings is 1. The van der Waals surface area contributed by atoms with Crippen LogP contribution in [0.3, 0.4) is 0 Å². The van der Waals surface area contributed by atoms with E-state index in [1.54, 1.807) is 6.07 Å². The number of hydrogen-bond acceptors (Lipinski definition) is 3. The molecule has 1 saturated heterocycles. The smallest absolute Gasteiger partial charge is 0.0642 e. The first-order chi connectivity index (χ1) is 12.2. The molecule has 0 atom stereocenters. The lowest BCUT2D eigenvalue weighted by Gasteiger charge is -2.32. The van der Waals surface area contributed by atoms with Crippen molar-refractivity contribution in [3.8, 4) is 0 Å². The van der Waals surface area contributed by atoms with Gasteiger partial charge in [0.25, 0.3) is 0 Å². The molecular weight excluding hydrogens is 355 g/mol. The fraction of sp³-hybridized carbons (Fsp3) is 0.400. The second-order valence-corrected chi connectivity index (χ2v) is 7.66. The average Bonchev–Trinajstić information content (AvgIpc) is 2.61. The van der Waals surface area contributed by atoms with Crippen LogP contribution in [0.5, 0.6) is 0 Å². The second-order valence-electron chi connectivity index (χ2n) is 6.79.